The number of carboxylic acids is 1. The maximum Gasteiger partial charge on any atom is 0.490 e. The van der Waals surface area contributed by atoms with Crippen LogP contribution in [0.1, 0.15) is 6.42 Å². The van der Waals surface area contributed by atoms with Crippen LogP contribution in [0.15, 0.2) is 12.7 Å². The summed E-state index contributed by atoms with van der Waals surface area (Å²) in [5.74, 6) is -0.954. The van der Waals surface area contributed by atoms with Crippen LogP contribution in [-0.2, 0) is 14.3 Å². The number of carbonyl (C=O) groups excluding carboxylic acids is 1. The molecule has 0 aromatic carbocycles. The molecule has 1 aliphatic carbocycles. The Bertz CT molecular complexity index is 579. The minimum absolute atomic E-state index is 0.303. The second-order valence-corrected chi connectivity index (χ2v) is 7.66. The van der Waals surface area contributed by atoms with Gasteiger partial charge in [-0.05, 0) is 24.8 Å². The van der Waals surface area contributed by atoms with Crippen LogP contribution in [0.5, 0.6) is 0 Å². The molecule has 4 aliphatic rings. The monoisotopic (exact) mass is 376 g/mol. The van der Waals surface area contributed by atoms with Gasteiger partial charge in [0.25, 0.3) is 0 Å². The molecule has 3 saturated heterocycles. The molecule has 0 aromatic rings. The number of hydrogen-bond acceptors (Lipinski definition) is 4. The molecule has 3 aliphatic heterocycles. The average molecular weight is 376 g/mol. The molecule has 1 amide bonds. The lowest BCUT2D eigenvalue weighted by Gasteiger charge is -2.48. The number of rotatable bonds is 3. The van der Waals surface area contributed by atoms with Crippen LogP contribution in [0.4, 0.5) is 13.2 Å². The first-order valence-electron chi connectivity index (χ1n) is 8.67. The Hall–Kier alpha value is -1.61. The fourth-order valence-corrected chi connectivity index (χ4v) is 4.36. The van der Waals surface area contributed by atoms with Gasteiger partial charge >= 0.3 is 12.1 Å². The van der Waals surface area contributed by atoms with Crippen molar-refractivity contribution >= 4 is 11.9 Å². The van der Waals surface area contributed by atoms with Crippen molar-refractivity contribution in [3.8, 4) is 0 Å². The van der Waals surface area contributed by atoms with Crippen LogP contribution in [0.2, 0.25) is 0 Å². The molecule has 4 fully saturated rings. The van der Waals surface area contributed by atoms with E-state index in [2.05, 4.69) is 16.4 Å². The van der Waals surface area contributed by atoms with Gasteiger partial charge in [0.2, 0.25) is 5.91 Å². The largest absolute Gasteiger partial charge is 0.490 e. The van der Waals surface area contributed by atoms with Gasteiger partial charge in [-0.3, -0.25) is 9.69 Å². The Morgan fingerprint density at radius 1 is 1.23 bits per heavy atom. The van der Waals surface area contributed by atoms with E-state index in [1.165, 1.54) is 6.42 Å². The summed E-state index contributed by atoms with van der Waals surface area (Å²) in [6.45, 7) is 10.7. The van der Waals surface area contributed by atoms with E-state index in [4.69, 9.17) is 14.6 Å². The minimum Gasteiger partial charge on any atom is -0.475 e. The molecule has 9 heteroatoms. The number of carboxylic acid groups (broad SMARTS) is 1. The highest BCUT2D eigenvalue weighted by Crippen LogP contribution is 2.53. The number of amides is 1. The third-order valence-corrected chi connectivity index (χ3v) is 5.75. The highest BCUT2D eigenvalue weighted by atomic mass is 19.4. The number of nitrogens with zero attached hydrogens (tertiary/aromatic N) is 2. The number of ether oxygens (including phenoxy) is 1. The summed E-state index contributed by atoms with van der Waals surface area (Å²) in [5, 5.41) is 7.12. The molecule has 4 rings (SSSR count). The SMILES string of the molecule is C=CCN1CCC2(C1)CN(C(=O)C1[C@H]3COC[C@@H]13)C2.O=C(O)C(F)(F)F. The molecular formula is C17H23F3N2O4. The fourth-order valence-electron chi connectivity index (χ4n) is 4.36. The summed E-state index contributed by atoms with van der Waals surface area (Å²) >= 11 is 0. The van der Waals surface area contributed by atoms with E-state index >= 15 is 0 Å². The zero-order chi connectivity index (χ0) is 19.1. The maximum atomic E-state index is 12.4. The van der Waals surface area contributed by atoms with E-state index in [-0.39, 0.29) is 0 Å². The van der Waals surface area contributed by atoms with Gasteiger partial charge in [0, 0.05) is 37.5 Å². The molecule has 6 nitrogen and oxygen atoms in total. The zero-order valence-corrected chi connectivity index (χ0v) is 14.4. The van der Waals surface area contributed by atoms with Crippen molar-refractivity contribution in [1.82, 2.24) is 9.80 Å². The third kappa shape index (κ3) is 3.73. The number of aliphatic carboxylic acids is 1. The van der Waals surface area contributed by atoms with Crippen LogP contribution >= 0.6 is 0 Å². The highest BCUT2D eigenvalue weighted by molar-refractivity contribution is 5.83. The molecule has 1 spiro atoms. The summed E-state index contributed by atoms with van der Waals surface area (Å²) in [6.07, 6.45) is -1.86. The average Bonchev–Trinajstić information content (AvgIpc) is 2.89. The Morgan fingerprint density at radius 3 is 2.31 bits per heavy atom. The second kappa shape index (κ2) is 6.84. The molecule has 3 heterocycles. The van der Waals surface area contributed by atoms with E-state index in [0.717, 1.165) is 45.9 Å². The minimum atomic E-state index is -5.08. The van der Waals surface area contributed by atoms with Gasteiger partial charge in [-0.25, -0.2) is 4.79 Å². The van der Waals surface area contributed by atoms with E-state index in [1.807, 2.05) is 6.08 Å². The van der Waals surface area contributed by atoms with E-state index in [0.29, 0.717) is 29.1 Å². The third-order valence-electron chi connectivity index (χ3n) is 5.75. The summed E-state index contributed by atoms with van der Waals surface area (Å²) in [5.41, 5.74) is 0.402. The number of alkyl halides is 3. The maximum absolute atomic E-state index is 12.4. The van der Waals surface area contributed by atoms with Crippen LogP contribution in [-0.4, -0.2) is 78.9 Å². The molecule has 0 bridgehead atoms. The van der Waals surface area contributed by atoms with Crippen molar-refractivity contribution in [3.05, 3.63) is 12.7 Å². The van der Waals surface area contributed by atoms with Crippen molar-refractivity contribution in [1.29, 1.82) is 0 Å². The zero-order valence-electron chi connectivity index (χ0n) is 14.4. The second-order valence-electron chi connectivity index (χ2n) is 7.66. The molecule has 1 N–H and O–H groups in total. The summed E-state index contributed by atoms with van der Waals surface area (Å²) in [4.78, 5) is 25.8. The first kappa shape index (κ1) is 19.2. The molecular weight excluding hydrogens is 353 g/mol. The summed E-state index contributed by atoms with van der Waals surface area (Å²) in [7, 11) is 0. The van der Waals surface area contributed by atoms with Crippen molar-refractivity contribution in [2.24, 2.45) is 23.2 Å². The van der Waals surface area contributed by atoms with Crippen molar-refractivity contribution < 1.29 is 32.6 Å². The van der Waals surface area contributed by atoms with Crippen LogP contribution in [0.25, 0.3) is 0 Å². The van der Waals surface area contributed by atoms with Crippen LogP contribution in [0.3, 0.4) is 0 Å². The first-order valence-corrected chi connectivity index (χ1v) is 8.67. The molecule has 3 atom stereocenters. The highest BCUT2D eigenvalue weighted by Gasteiger charge is 2.61. The van der Waals surface area contributed by atoms with Crippen LogP contribution in [0, 0.1) is 23.2 Å². The van der Waals surface area contributed by atoms with E-state index < -0.39 is 12.1 Å². The topological polar surface area (TPSA) is 70.1 Å². The molecule has 1 unspecified atom stereocenters. The standard InChI is InChI=1S/C15H22N2O2.C2HF3O2/c1-2-4-16-5-3-15(8-16)9-17(10-15)14(18)13-11-6-19-7-12(11)13;3-2(4,5)1(6)7/h2,11-13H,1,3-10H2;(H,6,7)/t11-,12+,13?;. The van der Waals surface area contributed by atoms with Gasteiger partial charge in [0.1, 0.15) is 0 Å². The lowest BCUT2D eigenvalue weighted by Crippen LogP contribution is -2.60. The number of carbonyl (C=O) groups is 2. The number of fused-ring (bicyclic) bond motifs is 1. The number of hydrogen-bond donors (Lipinski definition) is 1. The molecule has 0 aromatic heterocycles. The summed E-state index contributed by atoms with van der Waals surface area (Å²) in [6, 6.07) is 0. The van der Waals surface area contributed by atoms with Gasteiger partial charge in [-0.2, -0.15) is 13.2 Å². The quantitative estimate of drug-likeness (QED) is 0.751. The van der Waals surface area contributed by atoms with Gasteiger partial charge in [0.15, 0.2) is 0 Å². The molecule has 0 radical (unpaired) electrons. The first-order chi connectivity index (χ1) is 12.2. The number of halogens is 3. The van der Waals surface area contributed by atoms with E-state index in [1.54, 1.807) is 0 Å². The Morgan fingerprint density at radius 2 is 1.81 bits per heavy atom. The van der Waals surface area contributed by atoms with Gasteiger partial charge in [-0.15, -0.1) is 6.58 Å². The summed E-state index contributed by atoms with van der Waals surface area (Å²) < 4.78 is 37.1. The van der Waals surface area contributed by atoms with Gasteiger partial charge in [-0.1, -0.05) is 6.08 Å². The van der Waals surface area contributed by atoms with Crippen molar-refractivity contribution in [2.75, 3.05) is 45.9 Å². The van der Waals surface area contributed by atoms with Crippen molar-refractivity contribution in [2.45, 2.75) is 12.6 Å². The molecule has 26 heavy (non-hydrogen) atoms. The lowest BCUT2D eigenvalue weighted by atomic mass is 9.78. The van der Waals surface area contributed by atoms with Gasteiger partial charge in [0.05, 0.1) is 13.2 Å². The number of likely N-dealkylation sites (tertiary alicyclic amines) is 2. The Labute approximate surface area is 149 Å². The van der Waals surface area contributed by atoms with E-state index in [9.17, 15) is 18.0 Å². The van der Waals surface area contributed by atoms with Crippen molar-refractivity contribution in [3.63, 3.8) is 0 Å². The smallest absolute Gasteiger partial charge is 0.475 e. The Kier molecular flexibility index (Phi) is 5.04. The predicted octanol–water partition coefficient (Wildman–Crippen LogP) is 1.23. The predicted molar refractivity (Wildman–Crippen MR) is 85.2 cm³/mol. The fraction of sp³-hybridized carbons (Fsp3) is 0.765. The van der Waals surface area contributed by atoms with Gasteiger partial charge < -0.3 is 14.7 Å². The molecule has 146 valence electrons. The molecule has 1 saturated carbocycles. The van der Waals surface area contributed by atoms with Crippen LogP contribution < -0.4 is 0 Å². The normalized spacial score (nSPS) is 31.7. The lowest BCUT2D eigenvalue weighted by molar-refractivity contribution is -0.192. The Balaban J connectivity index is 0.000000242.